The number of halogens is 3. The number of hydrogen-bond donors (Lipinski definition) is 11. The number of nitrogens with one attached hydrogen (secondary N) is 4. The minimum absolute atomic E-state index is 0. The van der Waals surface area contributed by atoms with Gasteiger partial charge in [-0.25, -0.2) is 27.6 Å². The number of nitrogen functional groups attached to an aromatic ring is 1. The van der Waals surface area contributed by atoms with E-state index in [1.165, 1.54) is 67.4 Å². The van der Waals surface area contributed by atoms with Crippen LogP contribution in [-0.4, -0.2) is 278 Å². The standard InChI is InChI=1S/C32H45N3O4S.C25H32ClN5O2.C17H25N3O2S.C14H14O3.C11H15N5O5.CH4O3S.2ClH.Na/c1-21-25(15-10-16-28(21)36)30(38)33-26(20-40-24-13-6-5-7-14-24)29(37)19-35-18-23-12-9-8-11-22(23)17-27(35)31(39)34-32(2,3)4;1-2-24-27-31(25(32)30(24)18-19-33-23-10-4-3-5-11-23)13-7-12-28-14-16-29(17-15-28)22-9-6-8-21(26)20-22;1-18-23(21,22)10-7-13-3-4-17-15(11-13)16(12-19-17)14-5-8-20(2)9-6-14;1-9(14(15)16)10-3-4-12-8-13(17-2)6-5-11(12)7-10;1-20-9-5-8(14-11(12)15-9)16(3-13-5)10-7(19)6(18)4(2-17)21-10;1-5(2,3)4;;;/h5-7,10,13-16,22-23,26-27,29,36-37H,8-9,11-12,17-20H2,1-4H3,(H,33,38)(H,34,39);3-6,8-11,20H,2,7,12-19H2,1H3;3-4,11-12,14,18-19H,5-10H2,1-2H3;3-9H,1-2H3,(H,15,16);3-4,6-7,10,17-19H,2H2,1H3,(H2,12,14,15);1H3,(H,2,3,4);2*1H;/q;;;;;;;;+1/p-1/t22-,23+,26-,27-,29+;;;9-;4-,6-,7+,10-;;;;/m0..01..../s1. The molecule has 0 bridgehead atoms. The number of thioether (sulfide) groups is 1. The van der Waals surface area contributed by atoms with Crippen LogP contribution in [0.2, 0.25) is 5.02 Å². The van der Waals surface area contributed by atoms with Crippen molar-refractivity contribution in [3.63, 3.8) is 0 Å². The fourth-order valence-corrected chi connectivity index (χ4v) is 19.7. The Labute approximate surface area is 874 Å². The van der Waals surface area contributed by atoms with Crippen molar-refractivity contribution in [1.82, 2.24) is 68.9 Å². The molecule has 16 rings (SSSR count). The topological polar surface area (TPSA) is 475 Å². The van der Waals surface area contributed by atoms with Crippen molar-refractivity contribution in [3.05, 3.63) is 219 Å². The number of anilines is 2. The molecule has 1 saturated carbocycles. The molecule has 0 spiro atoms. The van der Waals surface area contributed by atoms with Gasteiger partial charge < -0.3 is 85.5 Å². The number of carboxylic acid groups (broad SMARTS) is 1. The molecule has 35 nitrogen and oxygen atoms in total. The Bertz CT molecular complexity index is 6150. The number of sulfonamides is 1. The number of fused-ring (bicyclic) bond motifs is 4. The summed E-state index contributed by atoms with van der Waals surface area (Å²) in [6.07, 6.45) is 9.15. The number of aromatic hydroxyl groups is 1. The van der Waals surface area contributed by atoms with E-state index >= 15 is 0 Å². The van der Waals surface area contributed by atoms with Crippen molar-refractivity contribution in [2.45, 2.75) is 184 Å². The Hall–Kier alpha value is -9.24. The number of phenolic OH excluding ortho intramolecular Hbond substituents is 1. The number of H-pyrrole nitrogens is 1. The normalized spacial score (nSPS) is 19.0. The molecule has 142 heavy (non-hydrogen) atoms. The number of aromatic amines is 1. The number of benzene rings is 7. The molecule has 11 aromatic rings. The number of para-hydroxylation sites is 1. The fraction of sp³-hybridized carbons (Fsp3) is 0.480. The number of phenols is 1. The number of carbonyl (C=O) groups is 3. The molecular formula is C100H136Cl3N16NaO19S3. The number of aliphatic carboxylic acids is 1. The largest absolute Gasteiger partial charge is 1.00 e. The van der Waals surface area contributed by atoms with Crippen molar-refractivity contribution >= 4 is 131 Å². The van der Waals surface area contributed by atoms with Gasteiger partial charge in [0.05, 0.1) is 63.9 Å². The van der Waals surface area contributed by atoms with Crippen LogP contribution in [-0.2, 0) is 60.4 Å². The third kappa shape index (κ3) is 34.2. The van der Waals surface area contributed by atoms with Gasteiger partial charge >= 0.3 is 35.2 Å². The third-order valence-corrected chi connectivity index (χ3v) is 28.2. The molecule has 10 atom stereocenters. The molecule has 4 aliphatic heterocycles. The summed E-state index contributed by atoms with van der Waals surface area (Å²) >= 11 is 7.71. The number of methoxy groups -OCH3 is 2. The van der Waals surface area contributed by atoms with Gasteiger partial charge in [-0.1, -0.05) is 124 Å². The number of hydrogen-bond acceptors (Lipinski definition) is 28. The fourth-order valence-electron chi connectivity index (χ4n) is 17.8. The van der Waals surface area contributed by atoms with E-state index in [1.54, 1.807) is 60.2 Å². The number of likely N-dealkylation sites (tertiary alicyclic amines) is 2. The van der Waals surface area contributed by atoms with Crippen LogP contribution in [0.3, 0.4) is 0 Å². The SMILES string of the molecule is CCc1nn(CCCN2CCN(c3cccc(Cl)c3)CC2)c(=O)n1CCOc1ccccc1.CNS(=O)(=O)CCc1ccc2[nH]cc(C3CCN(C)CC3)c2c1.COc1ccc2cc([C@H](C)C(=O)[O-])ccc2c1.COc1nc(N)nc2c1ncn2[C@@H]1O[C@H](CO)[C@@H](O)[C@@H]1O.CS(=O)(=O)O.Cc1c(O)cccc1C(=O)N[C@@H](CSc1ccccc1)[C@H](O)CN1C[C@H]2CCCC[C@H]2C[C@H]1C(=O)NC(C)(C)C.Cl.Cl.[Na+]. The number of rotatable bonds is 30. The summed E-state index contributed by atoms with van der Waals surface area (Å²) in [7, 11) is -0.149. The van der Waals surface area contributed by atoms with Crippen LogP contribution in [0.1, 0.15) is 142 Å². The molecule has 4 saturated heterocycles. The van der Waals surface area contributed by atoms with Gasteiger partial charge in [0.15, 0.2) is 17.4 Å². The summed E-state index contributed by atoms with van der Waals surface area (Å²) in [4.78, 5) is 76.3. The van der Waals surface area contributed by atoms with Crippen LogP contribution in [0, 0.1) is 18.8 Å². The predicted molar refractivity (Wildman–Crippen MR) is 553 cm³/mol. The predicted octanol–water partition coefficient (Wildman–Crippen LogP) is 7.45. The van der Waals surface area contributed by atoms with Crippen LogP contribution in [0.5, 0.6) is 23.1 Å². The van der Waals surface area contributed by atoms with Crippen LogP contribution < -0.4 is 80.6 Å². The second-order valence-electron chi connectivity index (χ2n) is 36.6. The average molecular weight is 2090 g/mol. The molecule has 0 unspecified atom stereocenters. The van der Waals surface area contributed by atoms with Gasteiger partial charge in [0.25, 0.3) is 16.0 Å². The molecule has 5 aliphatic rings. The summed E-state index contributed by atoms with van der Waals surface area (Å²) in [6.45, 7) is 20.8. The number of carboxylic acids is 1. The first-order valence-corrected chi connectivity index (χ1v) is 51.8. The molecule has 4 aromatic heterocycles. The zero-order valence-electron chi connectivity index (χ0n) is 82.6. The molecule has 770 valence electrons. The smallest absolute Gasteiger partial charge is 0.550 e. The molecule has 1 aliphatic carbocycles. The molecule has 7 aromatic carbocycles. The van der Waals surface area contributed by atoms with Crippen LogP contribution in [0.15, 0.2) is 180 Å². The monoisotopic (exact) mass is 2090 g/mol. The number of aliphatic hydroxyl groups is 4. The molecule has 12 N–H and O–H groups in total. The Morgan fingerprint density at radius 3 is 2.11 bits per heavy atom. The number of carbonyl (C=O) groups excluding carboxylic acids is 3. The van der Waals surface area contributed by atoms with Crippen molar-refractivity contribution < 1.29 is 115 Å². The molecule has 0 radical (unpaired) electrons. The third-order valence-electron chi connectivity index (χ3n) is 25.5. The van der Waals surface area contributed by atoms with Gasteiger partial charge in [-0.3, -0.25) is 33.1 Å². The Morgan fingerprint density at radius 1 is 0.803 bits per heavy atom. The number of piperazine rings is 1. The molecule has 8 heterocycles. The maximum Gasteiger partial charge on any atom is 1.00 e. The van der Waals surface area contributed by atoms with Crippen molar-refractivity contribution in [2.75, 3.05) is 129 Å². The maximum absolute atomic E-state index is 13.5. The molecular weight excluding hydrogens is 1950 g/mol. The van der Waals surface area contributed by atoms with E-state index in [0.29, 0.717) is 84.7 Å². The first-order chi connectivity index (χ1) is 66.3. The minimum Gasteiger partial charge on any atom is -0.550 e. The van der Waals surface area contributed by atoms with Gasteiger partial charge in [-0.2, -0.15) is 23.5 Å². The van der Waals surface area contributed by atoms with Gasteiger partial charge in [0, 0.05) is 126 Å². The van der Waals surface area contributed by atoms with Crippen LogP contribution in [0.4, 0.5) is 11.6 Å². The first-order valence-electron chi connectivity index (χ1n) is 47.0. The number of aryl methyl sites for hydroxylation is 3. The summed E-state index contributed by atoms with van der Waals surface area (Å²) in [6, 6.07) is 49.1. The summed E-state index contributed by atoms with van der Waals surface area (Å²) in [5, 5.41) is 76.4. The number of aromatic nitrogens is 8. The summed E-state index contributed by atoms with van der Waals surface area (Å²) in [5.41, 5.74) is 12.3. The van der Waals surface area contributed by atoms with Crippen LogP contribution >= 0.6 is 48.2 Å². The number of β-amino-alcohol motifs (C(OH)–C–C–N with tert-alkyl or cyclic N) is 1. The van der Waals surface area contributed by atoms with Gasteiger partial charge in [-0.05, 0) is 217 Å². The Morgan fingerprint density at radius 2 is 1.47 bits per heavy atom. The van der Waals surface area contributed by atoms with Gasteiger partial charge in [0.1, 0.15) is 48.0 Å². The second kappa shape index (κ2) is 55.9. The quantitative estimate of drug-likeness (QED) is 0.0118. The van der Waals surface area contributed by atoms with Crippen molar-refractivity contribution in [3.8, 4) is 23.1 Å². The zero-order valence-corrected chi connectivity index (χ0v) is 89.4. The van der Waals surface area contributed by atoms with E-state index in [1.807, 2.05) is 149 Å². The Kier molecular flexibility index (Phi) is 46.4. The van der Waals surface area contributed by atoms with E-state index in [0.717, 1.165) is 139 Å². The van der Waals surface area contributed by atoms with E-state index in [-0.39, 0.29) is 107 Å². The first kappa shape index (κ1) is 118. The minimum atomic E-state index is -3.67. The van der Waals surface area contributed by atoms with E-state index in [4.69, 9.17) is 45.9 Å². The van der Waals surface area contributed by atoms with E-state index in [9.17, 15) is 61.5 Å². The molecule has 2 amide bonds. The number of nitrogens with zero attached hydrogens (tertiary/aromatic N) is 11. The molecule has 42 heteroatoms. The molecule has 5 fully saturated rings. The van der Waals surface area contributed by atoms with Crippen LogP contribution in [0.25, 0.3) is 32.8 Å². The van der Waals surface area contributed by atoms with E-state index < -0.39 is 75.3 Å². The number of amides is 2. The van der Waals surface area contributed by atoms with Crippen molar-refractivity contribution in [1.29, 1.82) is 0 Å². The number of ether oxygens (including phenoxy) is 4. The second-order valence-corrected chi connectivity index (χ2v) is 41.6. The average Bonchev–Trinajstić information content (AvgIpc) is 1.60. The number of nitrogens with two attached hydrogens (primary N) is 1. The van der Waals surface area contributed by atoms with E-state index in [2.05, 4.69) is 91.4 Å². The number of aliphatic hydroxyl groups excluding tert-OH is 4. The number of imidazole rings is 1. The van der Waals surface area contributed by atoms with Gasteiger partial charge in [-0.15, -0.1) is 36.6 Å². The van der Waals surface area contributed by atoms with Crippen molar-refractivity contribution in [2.24, 2.45) is 11.8 Å². The summed E-state index contributed by atoms with van der Waals surface area (Å²) < 4.78 is 77.6. The zero-order chi connectivity index (χ0) is 100. The van der Waals surface area contributed by atoms with Gasteiger partial charge in [0.2, 0.25) is 27.8 Å². The Balaban J connectivity index is 0.000000219. The maximum atomic E-state index is 13.5. The summed E-state index contributed by atoms with van der Waals surface area (Å²) in [5.74, 6) is 2.93. The number of piperidine rings is 2.